The fraction of sp³-hybridized carbons (Fsp3) is 0.250. The lowest BCUT2D eigenvalue weighted by atomic mass is 10.4. The smallest absolute Gasteiger partial charge is 0.233 e. The van der Waals surface area contributed by atoms with Gasteiger partial charge in [0.2, 0.25) is 5.91 Å². The second-order valence-electron chi connectivity index (χ2n) is 3.92. The minimum absolute atomic E-state index is 0.0383. The number of benzene rings is 1. The Morgan fingerprint density at radius 3 is 2.79 bits per heavy atom. The Morgan fingerprint density at radius 2 is 2.16 bits per heavy atom. The zero-order valence-electron chi connectivity index (χ0n) is 10.3. The molecule has 0 aliphatic heterocycles. The molecule has 2 aromatic rings. The highest BCUT2D eigenvalue weighted by Crippen LogP contribution is 2.20. The molecule has 2 rings (SSSR count). The van der Waals surface area contributed by atoms with Gasteiger partial charge < -0.3 is 4.90 Å². The number of nitrogens with zero attached hydrogens (tertiary/aromatic N) is 3. The first kappa shape index (κ1) is 13.9. The van der Waals surface area contributed by atoms with Crippen LogP contribution in [0.5, 0.6) is 0 Å². The lowest BCUT2D eigenvalue weighted by molar-refractivity contribution is -0.127. The van der Waals surface area contributed by atoms with E-state index in [9.17, 15) is 4.79 Å². The number of halogens is 1. The second-order valence-corrected chi connectivity index (χ2v) is 5.41. The van der Waals surface area contributed by atoms with Crippen LogP contribution in [-0.4, -0.2) is 38.8 Å². The van der Waals surface area contributed by atoms with E-state index >= 15 is 0 Å². The van der Waals surface area contributed by atoms with Crippen LogP contribution >= 0.6 is 23.4 Å². The maximum atomic E-state index is 11.9. The van der Waals surface area contributed by atoms with E-state index in [1.54, 1.807) is 11.9 Å². The number of rotatable bonds is 5. The van der Waals surface area contributed by atoms with Crippen molar-refractivity contribution in [3.05, 3.63) is 41.4 Å². The summed E-state index contributed by atoms with van der Waals surface area (Å²) in [5.41, 5.74) is 0. The van der Waals surface area contributed by atoms with E-state index in [-0.39, 0.29) is 5.91 Å². The lowest BCUT2D eigenvalue weighted by Crippen LogP contribution is -2.28. The van der Waals surface area contributed by atoms with Gasteiger partial charge in [-0.15, -0.1) is 11.8 Å². The molecule has 19 heavy (non-hydrogen) atoms. The number of carbonyl (C=O) groups is 1. The van der Waals surface area contributed by atoms with Gasteiger partial charge in [-0.05, 0) is 24.3 Å². The summed E-state index contributed by atoms with van der Waals surface area (Å²) in [6.45, 7) is 0.431. The number of thioether (sulfide) groups is 1. The molecule has 0 radical (unpaired) electrons. The molecule has 0 aliphatic rings. The quantitative estimate of drug-likeness (QED) is 0.859. The van der Waals surface area contributed by atoms with Crippen molar-refractivity contribution in [2.45, 2.75) is 11.4 Å². The zero-order chi connectivity index (χ0) is 13.7. The first-order chi connectivity index (χ1) is 9.15. The van der Waals surface area contributed by atoms with Gasteiger partial charge in [0.1, 0.15) is 12.2 Å². The summed E-state index contributed by atoms with van der Waals surface area (Å²) in [4.78, 5) is 18.5. The summed E-state index contributed by atoms with van der Waals surface area (Å²) < 4.78 is 0. The first-order valence-electron chi connectivity index (χ1n) is 5.62. The molecule has 0 atom stereocenters. The minimum atomic E-state index is 0.0383. The molecule has 0 saturated heterocycles. The Kier molecular flexibility index (Phi) is 4.81. The summed E-state index contributed by atoms with van der Waals surface area (Å²) >= 11 is 7.29. The Labute approximate surface area is 120 Å². The Morgan fingerprint density at radius 1 is 1.42 bits per heavy atom. The average Bonchev–Trinajstić information content (AvgIpc) is 2.90. The SMILES string of the molecule is CN(Cc1ncn[nH]1)C(=O)CSc1ccc(Cl)cc1. The van der Waals surface area contributed by atoms with Gasteiger partial charge in [-0.3, -0.25) is 9.89 Å². The largest absolute Gasteiger partial charge is 0.338 e. The number of H-pyrrole nitrogens is 1. The van der Waals surface area contributed by atoms with Gasteiger partial charge in [-0.2, -0.15) is 5.10 Å². The molecular formula is C12H13ClN4OS. The molecule has 0 fully saturated rings. The highest BCUT2D eigenvalue weighted by molar-refractivity contribution is 8.00. The van der Waals surface area contributed by atoms with Crippen LogP contribution < -0.4 is 0 Å². The monoisotopic (exact) mass is 296 g/mol. The maximum absolute atomic E-state index is 11.9. The number of carbonyl (C=O) groups excluding carboxylic acids is 1. The van der Waals surface area contributed by atoms with Crippen LogP contribution in [0.15, 0.2) is 35.5 Å². The van der Waals surface area contributed by atoms with E-state index in [1.807, 2.05) is 24.3 Å². The van der Waals surface area contributed by atoms with Crippen molar-refractivity contribution in [3.63, 3.8) is 0 Å². The molecule has 0 bridgehead atoms. The normalized spacial score (nSPS) is 10.4. The molecule has 1 heterocycles. The van der Waals surface area contributed by atoms with E-state index in [0.29, 0.717) is 23.1 Å². The molecule has 0 aliphatic carbocycles. The van der Waals surface area contributed by atoms with Crippen molar-refractivity contribution in [2.75, 3.05) is 12.8 Å². The molecule has 1 aromatic heterocycles. The standard InChI is InChI=1S/C12H13ClN4OS/c1-17(6-11-14-8-15-16-11)12(18)7-19-10-4-2-9(13)3-5-10/h2-5,8H,6-7H2,1H3,(H,14,15,16). The van der Waals surface area contributed by atoms with Crippen LogP contribution in [-0.2, 0) is 11.3 Å². The van der Waals surface area contributed by atoms with Gasteiger partial charge in [-0.1, -0.05) is 11.6 Å². The summed E-state index contributed by atoms with van der Waals surface area (Å²) in [5.74, 6) is 1.09. The van der Waals surface area contributed by atoms with Gasteiger partial charge >= 0.3 is 0 Å². The van der Waals surface area contributed by atoms with Crippen molar-refractivity contribution >= 4 is 29.3 Å². The number of amides is 1. The summed E-state index contributed by atoms with van der Waals surface area (Å²) in [6, 6.07) is 7.42. The second kappa shape index (κ2) is 6.58. The third-order valence-electron chi connectivity index (χ3n) is 2.45. The highest BCUT2D eigenvalue weighted by atomic mass is 35.5. The molecule has 7 heteroatoms. The van der Waals surface area contributed by atoms with E-state index in [1.165, 1.54) is 18.1 Å². The van der Waals surface area contributed by atoms with E-state index in [0.717, 1.165) is 4.90 Å². The van der Waals surface area contributed by atoms with Crippen LogP contribution in [0.3, 0.4) is 0 Å². The first-order valence-corrected chi connectivity index (χ1v) is 6.98. The van der Waals surface area contributed by atoms with Gasteiger partial charge in [0.05, 0.1) is 12.3 Å². The Hall–Kier alpha value is -1.53. The van der Waals surface area contributed by atoms with Gasteiger partial charge in [0, 0.05) is 17.0 Å². The summed E-state index contributed by atoms with van der Waals surface area (Å²) in [6.07, 6.45) is 1.43. The molecule has 1 N–H and O–H groups in total. The molecule has 100 valence electrons. The predicted octanol–water partition coefficient (Wildman–Crippen LogP) is 2.21. The molecular weight excluding hydrogens is 284 g/mol. The number of nitrogens with one attached hydrogen (secondary N) is 1. The molecule has 0 unspecified atom stereocenters. The van der Waals surface area contributed by atoms with Crippen molar-refractivity contribution in [1.29, 1.82) is 0 Å². The lowest BCUT2D eigenvalue weighted by Gasteiger charge is -2.15. The van der Waals surface area contributed by atoms with Gasteiger partial charge in [0.15, 0.2) is 0 Å². The number of aromatic nitrogens is 3. The van der Waals surface area contributed by atoms with Crippen LogP contribution in [0.1, 0.15) is 5.82 Å². The van der Waals surface area contributed by atoms with Crippen LogP contribution in [0.25, 0.3) is 0 Å². The van der Waals surface area contributed by atoms with Gasteiger partial charge in [-0.25, -0.2) is 4.98 Å². The summed E-state index contributed by atoms with van der Waals surface area (Å²) in [7, 11) is 1.74. The predicted molar refractivity (Wildman–Crippen MR) is 75.0 cm³/mol. The zero-order valence-corrected chi connectivity index (χ0v) is 11.9. The average molecular weight is 297 g/mol. The van der Waals surface area contributed by atoms with Crippen LogP contribution in [0.4, 0.5) is 0 Å². The van der Waals surface area contributed by atoms with Gasteiger partial charge in [0.25, 0.3) is 0 Å². The molecule has 1 amide bonds. The molecule has 0 saturated carbocycles. The van der Waals surface area contributed by atoms with E-state index in [4.69, 9.17) is 11.6 Å². The summed E-state index contributed by atoms with van der Waals surface area (Å²) in [5, 5.41) is 7.16. The highest BCUT2D eigenvalue weighted by Gasteiger charge is 2.11. The fourth-order valence-electron chi connectivity index (χ4n) is 1.41. The molecule has 1 aromatic carbocycles. The fourth-order valence-corrected chi connectivity index (χ4v) is 2.37. The Bertz CT molecular complexity index is 529. The minimum Gasteiger partial charge on any atom is -0.338 e. The van der Waals surface area contributed by atoms with Crippen molar-refractivity contribution in [3.8, 4) is 0 Å². The topological polar surface area (TPSA) is 61.9 Å². The van der Waals surface area contributed by atoms with Crippen molar-refractivity contribution in [1.82, 2.24) is 20.1 Å². The van der Waals surface area contributed by atoms with Crippen molar-refractivity contribution in [2.24, 2.45) is 0 Å². The maximum Gasteiger partial charge on any atom is 0.233 e. The number of hydrogen-bond donors (Lipinski definition) is 1. The third-order valence-corrected chi connectivity index (χ3v) is 3.70. The van der Waals surface area contributed by atoms with Crippen LogP contribution in [0.2, 0.25) is 5.02 Å². The third kappa shape index (κ3) is 4.25. The van der Waals surface area contributed by atoms with Crippen LogP contribution in [0, 0.1) is 0 Å². The molecule has 0 spiro atoms. The van der Waals surface area contributed by atoms with Crippen molar-refractivity contribution < 1.29 is 4.79 Å². The number of aromatic amines is 1. The van der Waals surface area contributed by atoms with E-state index < -0.39 is 0 Å². The molecule has 5 nitrogen and oxygen atoms in total. The Balaban J connectivity index is 1.82. The van der Waals surface area contributed by atoms with E-state index in [2.05, 4.69) is 15.2 Å². The number of hydrogen-bond acceptors (Lipinski definition) is 4.